The van der Waals surface area contributed by atoms with Gasteiger partial charge < -0.3 is 23.8 Å². The molecule has 35 heavy (non-hydrogen) atoms. The Balaban J connectivity index is 1.25. The first-order valence-corrected chi connectivity index (χ1v) is 11.7. The monoisotopic (exact) mass is 472 g/mol. The summed E-state index contributed by atoms with van der Waals surface area (Å²) >= 11 is 0. The molecule has 2 aliphatic rings. The molecule has 1 unspecified atom stereocenters. The largest absolute Gasteiger partial charge is 0.484 e. The van der Waals surface area contributed by atoms with E-state index in [1.165, 1.54) is 12.0 Å². The number of rotatable bonds is 4. The van der Waals surface area contributed by atoms with Gasteiger partial charge >= 0.3 is 11.6 Å². The van der Waals surface area contributed by atoms with Gasteiger partial charge in [-0.05, 0) is 48.6 Å². The van der Waals surface area contributed by atoms with Crippen LogP contribution < -0.4 is 10.4 Å². The number of nitrogens with zero attached hydrogens (tertiary/aromatic N) is 1. The second-order valence-electron chi connectivity index (χ2n) is 9.04. The van der Waals surface area contributed by atoms with Gasteiger partial charge in [-0.2, -0.15) is 0 Å². The Morgan fingerprint density at radius 1 is 1.09 bits per heavy atom. The van der Waals surface area contributed by atoms with Crippen molar-refractivity contribution in [2.24, 2.45) is 0 Å². The molecule has 8 heteroatoms. The van der Waals surface area contributed by atoms with Crippen LogP contribution in [-0.4, -0.2) is 41.5 Å². The van der Waals surface area contributed by atoms with E-state index in [-0.39, 0.29) is 24.7 Å². The Morgan fingerprint density at radius 3 is 2.77 bits per heavy atom. The fourth-order valence-corrected chi connectivity index (χ4v) is 5.40. The third kappa shape index (κ3) is 3.56. The van der Waals surface area contributed by atoms with Crippen LogP contribution in [0.5, 0.6) is 5.75 Å². The van der Waals surface area contributed by atoms with Crippen LogP contribution >= 0.6 is 0 Å². The third-order valence-corrected chi connectivity index (χ3v) is 7.11. The SMILES string of the molecule is COC(=O)C1Cc2c([nH]c3ccccc23)CN1C(=O)COc1ccc2c3c(c(=O)oc2c1)CCC3. The molecule has 0 saturated carbocycles. The van der Waals surface area contributed by atoms with Crippen LogP contribution in [0.4, 0.5) is 0 Å². The average molecular weight is 472 g/mol. The average Bonchev–Trinajstić information content (AvgIpc) is 3.51. The normalized spacial score (nSPS) is 16.8. The van der Waals surface area contributed by atoms with Gasteiger partial charge in [0.25, 0.3) is 5.91 Å². The summed E-state index contributed by atoms with van der Waals surface area (Å²) in [6.07, 6.45) is 2.91. The summed E-state index contributed by atoms with van der Waals surface area (Å²) < 4.78 is 16.3. The van der Waals surface area contributed by atoms with Crippen LogP contribution in [0.15, 0.2) is 51.7 Å². The summed E-state index contributed by atoms with van der Waals surface area (Å²) in [7, 11) is 1.33. The van der Waals surface area contributed by atoms with E-state index in [1.54, 1.807) is 12.1 Å². The number of H-pyrrole nitrogens is 1. The lowest BCUT2D eigenvalue weighted by atomic mass is 9.96. The first kappa shape index (κ1) is 21.5. The highest BCUT2D eigenvalue weighted by atomic mass is 16.5. The summed E-state index contributed by atoms with van der Waals surface area (Å²) in [5.74, 6) is -0.374. The van der Waals surface area contributed by atoms with Gasteiger partial charge in [-0.15, -0.1) is 0 Å². The highest BCUT2D eigenvalue weighted by molar-refractivity contribution is 5.90. The second kappa shape index (κ2) is 8.30. The summed E-state index contributed by atoms with van der Waals surface area (Å²) in [5.41, 5.74) is 4.85. The number of carbonyl (C=O) groups is 2. The van der Waals surface area contributed by atoms with E-state index < -0.39 is 12.0 Å². The van der Waals surface area contributed by atoms with Crippen molar-refractivity contribution in [2.75, 3.05) is 13.7 Å². The molecule has 0 radical (unpaired) electrons. The van der Waals surface area contributed by atoms with E-state index in [1.807, 2.05) is 30.3 Å². The number of aryl methyl sites for hydroxylation is 1. The molecule has 1 aliphatic carbocycles. The summed E-state index contributed by atoms with van der Waals surface area (Å²) in [6, 6.07) is 12.4. The molecule has 1 atom stereocenters. The van der Waals surface area contributed by atoms with Crippen LogP contribution in [0, 0.1) is 0 Å². The zero-order valence-corrected chi connectivity index (χ0v) is 19.3. The fourth-order valence-electron chi connectivity index (χ4n) is 5.40. The van der Waals surface area contributed by atoms with E-state index in [9.17, 15) is 14.4 Å². The third-order valence-electron chi connectivity index (χ3n) is 7.11. The molecule has 0 fully saturated rings. The number of carbonyl (C=O) groups excluding carboxylic acids is 2. The maximum Gasteiger partial charge on any atom is 0.339 e. The Morgan fingerprint density at radius 2 is 1.91 bits per heavy atom. The van der Waals surface area contributed by atoms with Gasteiger partial charge in [0, 0.05) is 40.0 Å². The maximum atomic E-state index is 13.2. The molecule has 8 nitrogen and oxygen atoms in total. The van der Waals surface area contributed by atoms with Crippen molar-refractivity contribution >= 4 is 33.7 Å². The number of amides is 1. The molecule has 1 aliphatic heterocycles. The minimum Gasteiger partial charge on any atom is -0.484 e. The van der Waals surface area contributed by atoms with Crippen molar-refractivity contribution in [1.82, 2.24) is 9.88 Å². The van der Waals surface area contributed by atoms with Crippen LogP contribution in [0.1, 0.15) is 28.8 Å². The van der Waals surface area contributed by atoms with Crippen LogP contribution in [0.25, 0.3) is 21.9 Å². The number of esters is 1. The highest BCUT2D eigenvalue weighted by Gasteiger charge is 2.37. The molecular formula is C27H24N2O6. The van der Waals surface area contributed by atoms with Gasteiger partial charge in [0.05, 0.1) is 13.7 Å². The molecule has 1 amide bonds. The molecule has 4 aromatic rings. The van der Waals surface area contributed by atoms with Crippen molar-refractivity contribution in [3.05, 3.63) is 75.3 Å². The predicted molar refractivity (Wildman–Crippen MR) is 128 cm³/mol. The lowest BCUT2D eigenvalue weighted by molar-refractivity contribution is -0.154. The number of benzene rings is 2. The van der Waals surface area contributed by atoms with Crippen molar-refractivity contribution in [3.8, 4) is 5.75 Å². The predicted octanol–water partition coefficient (Wildman–Crippen LogP) is 3.27. The number of aromatic nitrogens is 1. The minimum absolute atomic E-state index is 0.255. The fraction of sp³-hybridized carbons (Fsp3) is 0.296. The second-order valence-corrected chi connectivity index (χ2v) is 9.04. The van der Waals surface area contributed by atoms with Gasteiger partial charge in [-0.1, -0.05) is 18.2 Å². The minimum atomic E-state index is -0.736. The first-order chi connectivity index (χ1) is 17.0. The molecular weight excluding hydrogens is 448 g/mol. The number of nitrogens with one attached hydrogen (secondary N) is 1. The van der Waals surface area contributed by atoms with Crippen LogP contribution in [0.2, 0.25) is 0 Å². The number of para-hydroxylation sites is 1. The number of fused-ring (bicyclic) bond motifs is 6. The molecule has 0 spiro atoms. The van der Waals surface area contributed by atoms with Crippen LogP contribution in [0.3, 0.4) is 0 Å². The summed E-state index contributed by atoms with van der Waals surface area (Å²) in [6.45, 7) is -0.00551. The van der Waals surface area contributed by atoms with E-state index in [2.05, 4.69) is 4.98 Å². The lowest BCUT2D eigenvalue weighted by Gasteiger charge is -2.33. The van der Waals surface area contributed by atoms with E-state index in [0.29, 0.717) is 17.8 Å². The lowest BCUT2D eigenvalue weighted by Crippen LogP contribution is -2.50. The Bertz CT molecular complexity index is 1550. The number of hydrogen-bond acceptors (Lipinski definition) is 6. The van der Waals surface area contributed by atoms with Gasteiger partial charge in [0.15, 0.2) is 6.61 Å². The van der Waals surface area contributed by atoms with Crippen molar-refractivity contribution in [3.63, 3.8) is 0 Å². The van der Waals surface area contributed by atoms with Gasteiger partial charge in [-0.25, -0.2) is 9.59 Å². The van der Waals surface area contributed by atoms with Crippen LogP contribution in [-0.2, 0) is 40.1 Å². The van der Waals surface area contributed by atoms with Gasteiger partial charge in [0.2, 0.25) is 0 Å². The zero-order chi connectivity index (χ0) is 24.1. The molecule has 0 saturated heterocycles. The standard InChI is InChI=1S/C27H24N2O6/c1-33-27(32)23-12-20-17-5-2-3-8-21(17)28-22(20)13-29(23)25(30)14-34-15-9-10-18-16-6-4-7-19(16)26(31)35-24(18)11-15/h2-3,5,8-11,23,28H,4,6-7,12-14H2,1H3. The molecule has 2 aromatic heterocycles. The molecule has 1 N–H and O–H groups in total. The summed E-state index contributed by atoms with van der Waals surface area (Å²) in [4.78, 5) is 42.9. The number of ether oxygens (including phenoxy) is 2. The van der Waals surface area contributed by atoms with Crippen molar-refractivity contribution in [2.45, 2.75) is 38.3 Å². The molecule has 178 valence electrons. The van der Waals surface area contributed by atoms with Gasteiger partial charge in [0.1, 0.15) is 17.4 Å². The smallest absolute Gasteiger partial charge is 0.339 e. The molecule has 0 bridgehead atoms. The Hall–Kier alpha value is -4.07. The topological polar surface area (TPSA) is 102 Å². The van der Waals surface area contributed by atoms with Crippen molar-refractivity contribution in [1.29, 1.82) is 0 Å². The Kier molecular flexibility index (Phi) is 5.09. The number of aromatic amines is 1. The zero-order valence-electron chi connectivity index (χ0n) is 19.3. The number of hydrogen-bond donors (Lipinski definition) is 1. The Labute approximate surface area is 200 Å². The highest BCUT2D eigenvalue weighted by Crippen LogP contribution is 2.32. The molecule has 2 aromatic carbocycles. The van der Waals surface area contributed by atoms with E-state index in [4.69, 9.17) is 13.9 Å². The van der Waals surface area contributed by atoms with Crippen molar-refractivity contribution < 1.29 is 23.5 Å². The number of methoxy groups -OCH3 is 1. The first-order valence-electron chi connectivity index (χ1n) is 11.7. The summed E-state index contributed by atoms with van der Waals surface area (Å²) in [5, 5.41) is 1.95. The van der Waals surface area contributed by atoms with Gasteiger partial charge in [-0.3, -0.25) is 4.79 Å². The maximum absolute atomic E-state index is 13.2. The molecule has 6 rings (SSSR count). The molecule has 3 heterocycles. The van der Waals surface area contributed by atoms with E-state index >= 15 is 0 Å². The quantitative estimate of drug-likeness (QED) is 0.361. The van der Waals surface area contributed by atoms with E-state index in [0.717, 1.165) is 57.9 Å².